The van der Waals surface area contributed by atoms with E-state index in [1.54, 1.807) is 0 Å². The molecule has 0 radical (unpaired) electrons. The fourth-order valence-electron chi connectivity index (χ4n) is 0.831. The summed E-state index contributed by atoms with van der Waals surface area (Å²) in [5.74, 6) is -6.72. The van der Waals surface area contributed by atoms with Gasteiger partial charge in [0.15, 0.2) is 0 Å². The minimum atomic E-state index is -3.21. The average Bonchev–Trinajstić information content (AvgIpc) is 2.29. The van der Waals surface area contributed by atoms with Crippen LogP contribution >= 0.6 is 0 Å². The summed E-state index contributed by atoms with van der Waals surface area (Å²) in [6.45, 7) is -1.64. The molecule has 2 atom stereocenters. The minimum Gasteiger partial charge on any atom is -0.396 e. The molecule has 1 aliphatic rings. The zero-order valence-corrected chi connectivity index (χ0v) is 4.64. The monoisotopic (exact) mass is 139 g/mol. The fraction of sp³-hybridized carbons (Fsp3) is 1.00. The lowest BCUT2D eigenvalue weighted by Crippen LogP contribution is -1.98. The molecule has 0 aromatic heterocycles. The van der Waals surface area contributed by atoms with Gasteiger partial charge in [0.05, 0.1) is 25.0 Å². The van der Waals surface area contributed by atoms with Gasteiger partial charge in [-0.1, -0.05) is 0 Å². The van der Waals surface area contributed by atoms with Gasteiger partial charge < -0.3 is 10.2 Å². The molecule has 9 heavy (non-hydrogen) atoms. The van der Waals surface area contributed by atoms with E-state index in [1.807, 2.05) is 0 Å². The predicted octanol–water partition coefficient (Wildman–Crippen LogP) is -0.148. The van der Waals surface area contributed by atoms with Crippen LogP contribution in [0.2, 0.25) is 0 Å². The number of hydrogen-bond donors (Lipinski definition) is 2. The third-order valence-corrected chi connectivity index (χ3v) is 1.56. The van der Waals surface area contributed by atoms with Crippen LogP contribution in [0.25, 0.3) is 0 Å². The number of aliphatic hydroxyl groups is 2. The molecule has 2 nitrogen and oxygen atoms in total. The first-order valence-corrected chi connectivity index (χ1v) is 2.60. The minimum absolute atomic E-state index is 0.739. The molecule has 1 saturated carbocycles. The lowest BCUT2D eigenvalue weighted by Gasteiger charge is -1.87. The Hall–Kier alpha value is -0.220. The molecule has 1 fully saturated rings. The number of halogens is 2. The zero-order chi connectivity index (χ0) is 7.99. The second kappa shape index (κ2) is 1.88. The Bertz CT molecular complexity index is 153. The third-order valence-electron chi connectivity index (χ3n) is 1.56. The molecule has 0 aliphatic heterocycles. The van der Waals surface area contributed by atoms with Crippen molar-refractivity contribution in [1.29, 1.82) is 0 Å². The molecule has 1 rings (SSSR count). The molecular formula is C5H8F2O2. The van der Waals surface area contributed by atoms with Crippen molar-refractivity contribution in [3.8, 4) is 0 Å². The molecule has 0 bridgehead atoms. The Labute approximate surface area is 52.5 Å². The molecular weight excluding hydrogens is 130 g/mol. The summed E-state index contributed by atoms with van der Waals surface area (Å²) in [4.78, 5) is 0. The number of hydrogen-bond acceptors (Lipinski definition) is 2. The molecule has 2 unspecified atom stereocenters. The molecule has 0 aromatic carbocycles. The van der Waals surface area contributed by atoms with Gasteiger partial charge in [0.1, 0.15) is 0 Å². The SMILES string of the molecule is [2H]C1(CO)C(CO)C1(F)F. The van der Waals surface area contributed by atoms with E-state index in [2.05, 4.69) is 0 Å². The lowest BCUT2D eigenvalue weighted by atomic mass is 10.3. The van der Waals surface area contributed by atoms with Gasteiger partial charge in [-0.3, -0.25) is 0 Å². The number of rotatable bonds is 2. The summed E-state index contributed by atoms with van der Waals surface area (Å²) in [6, 6.07) is 0. The van der Waals surface area contributed by atoms with Crippen LogP contribution in [-0.4, -0.2) is 29.3 Å². The maximum Gasteiger partial charge on any atom is 0.259 e. The molecule has 4 heteroatoms. The zero-order valence-electron chi connectivity index (χ0n) is 5.64. The molecule has 1 aliphatic carbocycles. The highest BCUT2D eigenvalue weighted by Crippen LogP contribution is 2.54. The van der Waals surface area contributed by atoms with Crippen LogP contribution in [0.15, 0.2) is 0 Å². The first-order valence-electron chi connectivity index (χ1n) is 3.10. The van der Waals surface area contributed by atoms with Gasteiger partial charge in [0.25, 0.3) is 5.92 Å². The second-order valence-electron chi connectivity index (χ2n) is 2.04. The molecule has 54 valence electrons. The summed E-state index contributed by atoms with van der Waals surface area (Å²) in [5.41, 5.74) is 0. The summed E-state index contributed by atoms with van der Waals surface area (Å²) >= 11 is 0. The van der Waals surface area contributed by atoms with E-state index in [4.69, 9.17) is 11.6 Å². The first-order chi connectivity index (χ1) is 4.50. The topological polar surface area (TPSA) is 40.5 Å². The van der Waals surface area contributed by atoms with Crippen LogP contribution in [0.4, 0.5) is 8.78 Å². The molecule has 2 N–H and O–H groups in total. The van der Waals surface area contributed by atoms with Gasteiger partial charge in [-0.15, -0.1) is 0 Å². The maximum atomic E-state index is 12.3. The highest BCUT2D eigenvalue weighted by molar-refractivity contribution is 5.04. The van der Waals surface area contributed by atoms with Crippen LogP contribution in [-0.2, 0) is 0 Å². The van der Waals surface area contributed by atoms with Crippen molar-refractivity contribution in [3.05, 3.63) is 0 Å². The molecule has 0 saturated heterocycles. The van der Waals surface area contributed by atoms with Crippen LogP contribution in [0.3, 0.4) is 0 Å². The van der Waals surface area contributed by atoms with Gasteiger partial charge in [0, 0.05) is 1.37 Å². The van der Waals surface area contributed by atoms with Crippen molar-refractivity contribution in [3.63, 3.8) is 0 Å². The van der Waals surface area contributed by atoms with Crippen molar-refractivity contribution in [2.24, 2.45) is 11.8 Å². The van der Waals surface area contributed by atoms with Crippen LogP contribution in [0, 0.1) is 11.8 Å². The highest BCUT2D eigenvalue weighted by atomic mass is 19.3. The van der Waals surface area contributed by atoms with Crippen LogP contribution in [0.5, 0.6) is 0 Å². The van der Waals surface area contributed by atoms with E-state index in [-0.39, 0.29) is 0 Å². The van der Waals surface area contributed by atoms with E-state index in [1.165, 1.54) is 0 Å². The number of aliphatic hydroxyl groups excluding tert-OH is 2. The maximum absolute atomic E-state index is 12.3. The first kappa shape index (κ1) is 5.56. The summed E-state index contributed by atoms with van der Waals surface area (Å²) in [6.07, 6.45) is 0. The van der Waals surface area contributed by atoms with Gasteiger partial charge >= 0.3 is 0 Å². The average molecular weight is 139 g/mol. The van der Waals surface area contributed by atoms with Crippen molar-refractivity contribution in [1.82, 2.24) is 0 Å². The predicted molar refractivity (Wildman–Crippen MR) is 26.1 cm³/mol. The van der Waals surface area contributed by atoms with E-state index < -0.39 is 30.9 Å². The van der Waals surface area contributed by atoms with Crippen LogP contribution in [0.1, 0.15) is 1.37 Å². The summed E-state index contributed by atoms with van der Waals surface area (Å²) in [7, 11) is 0. The van der Waals surface area contributed by atoms with Crippen LogP contribution < -0.4 is 0 Å². The Morgan fingerprint density at radius 2 is 2.00 bits per heavy atom. The molecule has 0 heterocycles. The van der Waals surface area contributed by atoms with E-state index in [9.17, 15) is 8.78 Å². The summed E-state index contributed by atoms with van der Waals surface area (Å²) in [5, 5.41) is 16.6. The Morgan fingerprint density at radius 3 is 2.11 bits per heavy atom. The quantitative estimate of drug-likeness (QED) is 0.558. The van der Waals surface area contributed by atoms with Crippen molar-refractivity contribution >= 4 is 0 Å². The number of alkyl halides is 2. The molecule has 0 spiro atoms. The fourth-order valence-corrected chi connectivity index (χ4v) is 0.831. The molecule has 0 amide bonds. The van der Waals surface area contributed by atoms with E-state index in [0.29, 0.717) is 0 Å². The Kier molecular flexibility index (Phi) is 1.16. The van der Waals surface area contributed by atoms with Gasteiger partial charge in [-0.2, -0.15) is 0 Å². The van der Waals surface area contributed by atoms with Crippen molar-refractivity contribution in [2.45, 2.75) is 5.92 Å². The van der Waals surface area contributed by atoms with E-state index >= 15 is 0 Å². The highest BCUT2D eigenvalue weighted by Gasteiger charge is 2.67. The van der Waals surface area contributed by atoms with Gasteiger partial charge in [-0.25, -0.2) is 8.78 Å². The van der Waals surface area contributed by atoms with Crippen molar-refractivity contribution in [2.75, 3.05) is 13.2 Å². The molecule has 0 aromatic rings. The van der Waals surface area contributed by atoms with Gasteiger partial charge in [0.2, 0.25) is 0 Å². The largest absolute Gasteiger partial charge is 0.396 e. The normalized spacial score (nSPS) is 48.4. The Morgan fingerprint density at radius 1 is 1.44 bits per heavy atom. The second-order valence-corrected chi connectivity index (χ2v) is 2.04. The van der Waals surface area contributed by atoms with Crippen molar-refractivity contribution < 1.29 is 20.4 Å². The smallest absolute Gasteiger partial charge is 0.259 e. The Balaban J connectivity index is 2.68. The van der Waals surface area contributed by atoms with E-state index in [0.717, 1.165) is 0 Å². The summed E-state index contributed by atoms with van der Waals surface area (Å²) < 4.78 is 31.6. The lowest BCUT2D eigenvalue weighted by molar-refractivity contribution is 0.0639. The third kappa shape index (κ3) is 0.822. The van der Waals surface area contributed by atoms with Gasteiger partial charge in [-0.05, 0) is 0 Å². The standard InChI is InChI=1S/C5H8F2O2/c6-5(7)3(1-8)4(5)2-9/h3-4,8-9H,1-2H2/i3D.